The fraction of sp³-hybridized carbons (Fsp3) is 1.00. The predicted octanol–water partition coefficient (Wildman–Crippen LogP) is -0.144. The van der Waals surface area contributed by atoms with E-state index in [0.29, 0.717) is 0 Å². The molecule has 1 rings (SSSR count). The van der Waals surface area contributed by atoms with Crippen molar-refractivity contribution in [1.29, 1.82) is 0 Å². The summed E-state index contributed by atoms with van der Waals surface area (Å²) in [7, 11) is -4.38. The van der Waals surface area contributed by atoms with Crippen molar-refractivity contribution in [1.82, 2.24) is 5.32 Å². The van der Waals surface area contributed by atoms with Crippen molar-refractivity contribution in [3.8, 4) is 0 Å². The Morgan fingerprint density at radius 2 is 1.83 bits per heavy atom. The van der Waals surface area contributed by atoms with Crippen LogP contribution in [-0.4, -0.2) is 36.1 Å². The molecule has 1 heterocycles. The molecule has 0 aromatic carbocycles. The van der Waals surface area contributed by atoms with Crippen molar-refractivity contribution in [3.63, 3.8) is 0 Å². The molecule has 0 aliphatic carbocycles. The van der Waals surface area contributed by atoms with Gasteiger partial charge in [-0.15, -0.1) is 0 Å². The average molecular weight is 220 g/mol. The van der Waals surface area contributed by atoms with Crippen LogP contribution in [0.1, 0.15) is 0 Å². The van der Waals surface area contributed by atoms with E-state index in [0.717, 1.165) is 26.3 Å². The molecule has 0 amide bonds. The van der Waals surface area contributed by atoms with E-state index in [-0.39, 0.29) is 0 Å². The topological polar surface area (TPSA) is 88.0 Å². The van der Waals surface area contributed by atoms with Crippen LogP contribution in [0.3, 0.4) is 0 Å². The molecule has 6 nitrogen and oxygen atoms in total. The predicted molar refractivity (Wildman–Crippen MR) is 42.7 cm³/mol. The highest BCUT2D eigenvalue weighted by molar-refractivity contribution is 7.47. The SMILES string of the molecule is C1COCCN1.O=P(O)(O)OCl. The van der Waals surface area contributed by atoms with E-state index in [4.69, 9.17) is 14.5 Å². The number of hydrogen-bond donors (Lipinski definition) is 3. The second-order valence-corrected chi connectivity index (χ2v) is 3.46. The van der Waals surface area contributed by atoms with E-state index in [1.165, 1.54) is 0 Å². The van der Waals surface area contributed by atoms with Crippen LogP contribution in [-0.2, 0) is 13.4 Å². The van der Waals surface area contributed by atoms with E-state index < -0.39 is 7.82 Å². The minimum Gasteiger partial charge on any atom is -0.379 e. The Morgan fingerprint density at radius 3 is 1.92 bits per heavy atom. The summed E-state index contributed by atoms with van der Waals surface area (Å²) in [5.41, 5.74) is 0. The molecule has 1 aliphatic rings. The van der Waals surface area contributed by atoms with Gasteiger partial charge in [-0.1, -0.05) is 0 Å². The Hall–Kier alpha value is 0.320. The van der Waals surface area contributed by atoms with Crippen LogP contribution in [0, 0.1) is 0 Å². The zero-order valence-electron chi connectivity index (χ0n) is 6.27. The van der Waals surface area contributed by atoms with Gasteiger partial charge in [-0.25, -0.2) is 4.57 Å². The van der Waals surface area contributed by atoms with Crippen LogP contribution in [0.5, 0.6) is 0 Å². The fourth-order valence-electron chi connectivity index (χ4n) is 0.516. The lowest BCUT2D eigenvalue weighted by Gasteiger charge is -2.10. The van der Waals surface area contributed by atoms with Gasteiger partial charge in [0.1, 0.15) is 0 Å². The summed E-state index contributed by atoms with van der Waals surface area (Å²) < 4.78 is 17.4. The van der Waals surface area contributed by atoms with Gasteiger partial charge < -0.3 is 19.8 Å². The minimum atomic E-state index is -4.38. The summed E-state index contributed by atoms with van der Waals surface area (Å²) in [6, 6.07) is 0. The van der Waals surface area contributed by atoms with Gasteiger partial charge in [0.25, 0.3) is 0 Å². The number of morpholine rings is 1. The zero-order valence-corrected chi connectivity index (χ0v) is 7.92. The van der Waals surface area contributed by atoms with Crippen molar-refractivity contribution in [2.75, 3.05) is 26.3 Å². The summed E-state index contributed by atoms with van der Waals surface area (Å²) in [5, 5.41) is 3.16. The first-order chi connectivity index (χ1) is 5.56. The van der Waals surface area contributed by atoms with Gasteiger partial charge in [0.15, 0.2) is 0 Å². The maximum absolute atomic E-state index is 9.34. The molecule has 0 atom stereocenters. The smallest absolute Gasteiger partial charge is 0.379 e. The normalized spacial score (nSPS) is 17.9. The van der Waals surface area contributed by atoms with Crippen LogP contribution in [0.15, 0.2) is 0 Å². The van der Waals surface area contributed by atoms with Gasteiger partial charge in [0, 0.05) is 13.1 Å². The Balaban J connectivity index is 0.000000202. The molecule has 0 unspecified atom stereocenters. The standard InChI is InChI=1S/C4H9NO.ClH2O4P/c1-3-6-4-2-5-1;1-5-6(2,3)4/h5H,1-4H2;(H2,2,3,4). The number of rotatable bonds is 1. The van der Waals surface area contributed by atoms with E-state index in [2.05, 4.69) is 21.3 Å². The van der Waals surface area contributed by atoms with Gasteiger partial charge >= 0.3 is 7.82 Å². The van der Waals surface area contributed by atoms with Gasteiger partial charge in [0.2, 0.25) is 0 Å². The van der Waals surface area contributed by atoms with Crippen LogP contribution in [0.2, 0.25) is 0 Å². The number of nitrogens with one attached hydrogen (secondary N) is 1. The molecule has 1 aliphatic heterocycles. The number of halogens is 1. The molecule has 0 aromatic heterocycles. The highest BCUT2D eigenvalue weighted by Crippen LogP contribution is 2.36. The molecule has 0 radical (unpaired) electrons. The first-order valence-electron chi connectivity index (χ1n) is 3.20. The molecule has 0 saturated carbocycles. The van der Waals surface area contributed by atoms with Crippen molar-refractivity contribution < 1.29 is 23.2 Å². The van der Waals surface area contributed by atoms with Crippen molar-refractivity contribution in [2.24, 2.45) is 0 Å². The quantitative estimate of drug-likeness (QED) is 0.532. The molecule has 0 spiro atoms. The number of hydrogen-bond acceptors (Lipinski definition) is 4. The summed E-state index contributed by atoms with van der Waals surface area (Å²) in [4.78, 5) is 15.2. The zero-order chi connectivity index (χ0) is 9.45. The Kier molecular flexibility index (Phi) is 6.98. The Bertz CT molecular complexity index is 135. The number of ether oxygens (including phenoxy) is 1. The Labute approximate surface area is 75.2 Å². The largest absolute Gasteiger partial charge is 0.486 e. The molecular formula is C4H11ClNO5P. The van der Waals surface area contributed by atoms with E-state index in [9.17, 15) is 4.57 Å². The second-order valence-electron chi connectivity index (χ2n) is 1.92. The molecule has 8 heteroatoms. The van der Waals surface area contributed by atoms with Crippen LogP contribution in [0.4, 0.5) is 0 Å². The highest BCUT2D eigenvalue weighted by Gasteiger charge is 2.10. The summed E-state index contributed by atoms with van der Waals surface area (Å²) in [5.74, 6) is 0. The Morgan fingerprint density at radius 1 is 1.42 bits per heavy atom. The van der Waals surface area contributed by atoms with Crippen molar-refractivity contribution in [3.05, 3.63) is 0 Å². The minimum absolute atomic E-state index is 0.889. The molecule has 0 bridgehead atoms. The first kappa shape index (κ1) is 12.3. The highest BCUT2D eigenvalue weighted by atomic mass is 35.5. The third-order valence-electron chi connectivity index (χ3n) is 0.936. The first-order valence-corrected chi connectivity index (χ1v) is 5.04. The van der Waals surface area contributed by atoms with Gasteiger partial charge in [-0.05, 0) is 0 Å². The second kappa shape index (κ2) is 6.80. The van der Waals surface area contributed by atoms with Crippen molar-refractivity contribution in [2.45, 2.75) is 0 Å². The van der Waals surface area contributed by atoms with E-state index >= 15 is 0 Å². The average Bonchev–Trinajstić information content (AvgIpc) is 2.07. The van der Waals surface area contributed by atoms with Crippen molar-refractivity contribution >= 4 is 19.7 Å². The van der Waals surface area contributed by atoms with E-state index in [1.807, 2.05) is 0 Å². The maximum atomic E-state index is 9.34. The molecule has 0 aromatic rings. The monoisotopic (exact) mass is 219 g/mol. The van der Waals surface area contributed by atoms with Gasteiger partial charge in [-0.2, -0.15) is 4.08 Å². The van der Waals surface area contributed by atoms with Crippen LogP contribution in [0.25, 0.3) is 0 Å². The fourth-order valence-corrected chi connectivity index (χ4v) is 0.516. The summed E-state index contributed by atoms with van der Waals surface area (Å²) >= 11 is 4.21. The van der Waals surface area contributed by atoms with Gasteiger partial charge in [-0.3, -0.25) is 0 Å². The number of phosphoric acid groups is 1. The van der Waals surface area contributed by atoms with Crippen LogP contribution < -0.4 is 5.32 Å². The molecule has 12 heavy (non-hydrogen) atoms. The summed E-state index contributed by atoms with van der Waals surface area (Å²) in [6.45, 7) is 3.83. The molecule has 3 N–H and O–H groups in total. The lowest BCUT2D eigenvalue weighted by atomic mass is 10.5. The van der Waals surface area contributed by atoms with Crippen LogP contribution >= 0.6 is 19.7 Å². The molecule has 1 saturated heterocycles. The molecule has 74 valence electrons. The van der Waals surface area contributed by atoms with Gasteiger partial charge in [0.05, 0.1) is 25.1 Å². The third kappa shape index (κ3) is 10.3. The lowest BCUT2D eigenvalue weighted by Crippen LogP contribution is -2.30. The third-order valence-corrected chi connectivity index (χ3v) is 1.66. The van der Waals surface area contributed by atoms with E-state index in [1.54, 1.807) is 0 Å². The molecular weight excluding hydrogens is 208 g/mol. The molecule has 1 fully saturated rings. The summed E-state index contributed by atoms with van der Waals surface area (Å²) in [6.07, 6.45) is 0. The lowest BCUT2D eigenvalue weighted by molar-refractivity contribution is 0.109. The maximum Gasteiger partial charge on any atom is 0.486 e.